The summed E-state index contributed by atoms with van der Waals surface area (Å²) < 4.78 is 15.5. The Hall–Kier alpha value is -3.26. The Morgan fingerprint density at radius 2 is 1.84 bits per heavy atom. The number of benzene rings is 2. The second-order valence-corrected chi connectivity index (χ2v) is 7.86. The van der Waals surface area contributed by atoms with Crippen LogP contribution >= 0.6 is 11.8 Å². The lowest BCUT2D eigenvalue weighted by Crippen LogP contribution is -2.30. The van der Waals surface area contributed by atoms with Gasteiger partial charge in [0.25, 0.3) is 5.91 Å². The molecular weight excluding hydrogens is 428 g/mol. The van der Waals surface area contributed by atoms with E-state index in [1.165, 1.54) is 11.8 Å². The summed E-state index contributed by atoms with van der Waals surface area (Å²) in [7, 11) is 3.19. The molecule has 0 saturated heterocycles. The highest BCUT2D eigenvalue weighted by molar-refractivity contribution is 8.14. The summed E-state index contributed by atoms with van der Waals surface area (Å²) in [4.78, 5) is 31.0. The van der Waals surface area contributed by atoms with Crippen LogP contribution in [0.2, 0.25) is 0 Å². The molecule has 7 nitrogen and oxygen atoms in total. The van der Waals surface area contributed by atoms with Gasteiger partial charge >= 0.3 is 5.97 Å². The Bertz CT molecular complexity index is 1020. The van der Waals surface area contributed by atoms with Crippen molar-refractivity contribution < 1.29 is 23.8 Å². The molecule has 1 amide bonds. The summed E-state index contributed by atoms with van der Waals surface area (Å²) in [6.45, 7) is 2.16. The van der Waals surface area contributed by atoms with Crippen LogP contribution in [0.4, 0.5) is 5.69 Å². The minimum atomic E-state index is -0.220. The van der Waals surface area contributed by atoms with Gasteiger partial charge in [-0.05, 0) is 49.2 Å². The minimum absolute atomic E-state index is 0.220. The van der Waals surface area contributed by atoms with Crippen LogP contribution in [0.25, 0.3) is 6.08 Å². The lowest BCUT2D eigenvalue weighted by molar-refractivity contribution is -0.143. The first kappa shape index (κ1) is 23.4. The fourth-order valence-electron chi connectivity index (χ4n) is 3.04. The molecule has 0 bridgehead atoms. The SMILES string of the molecule is CCOC(=O)CCCSC1=NC(=Cc2ccc(OC)cc2)C(=O)N1c1cccc(OC)c1. The molecule has 2 aromatic rings. The van der Waals surface area contributed by atoms with Crippen molar-refractivity contribution in [1.29, 1.82) is 0 Å². The van der Waals surface area contributed by atoms with Gasteiger partial charge in [-0.3, -0.25) is 14.5 Å². The van der Waals surface area contributed by atoms with Crippen molar-refractivity contribution in [2.24, 2.45) is 4.99 Å². The van der Waals surface area contributed by atoms with Crippen molar-refractivity contribution in [1.82, 2.24) is 0 Å². The number of hydrogen-bond donors (Lipinski definition) is 0. The predicted molar refractivity (Wildman–Crippen MR) is 127 cm³/mol. The molecule has 8 heteroatoms. The van der Waals surface area contributed by atoms with Crippen molar-refractivity contribution in [2.45, 2.75) is 19.8 Å². The van der Waals surface area contributed by atoms with E-state index in [9.17, 15) is 9.59 Å². The van der Waals surface area contributed by atoms with Crippen LogP contribution in [0, 0.1) is 0 Å². The first-order chi connectivity index (χ1) is 15.5. The van der Waals surface area contributed by atoms with Crippen LogP contribution in [0.3, 0.4) is 0 Å². The number of methoxy groups -OCH3 is 2. The van der Waals surface area contributed by atoms with E-state index >= 15 is 0 Å². The molecule has 1 heterocycles. The van der Waals surface area contributed by atoms with Crippen LogP contribution in [-0.2, 0) is 14.3 Å². The van der Waals surface area contributed by atoms with E-state index in [0.29, 0.717) is 47.5 Å². The van der Waals surface area contributed by atoms with Gasteiger partial charge in [-0.1, -0.05) is 30.0 Å². The zero-order valence-electron chi connectivity index (χ0n) is 18.4. The number of aliphatic imine (C=N–C) groups is 1. The van der Waals surface area contributed by atoms with Crippen LogP contribution in [0.1, 0.15) is 25.3 Å². The standard InChI is InChI=1S/C24H26N2O5S/c1-4-31-22(27)9-6-14-32-24-25-21(15-17-10-12-19(29-2)13-11-17)23(28)26(24)18-7-5-8-20(16-18)30-3/h5,7-8,10-13,15-16H,4,6,9,14H2,1-3H3. The molecule has 1 aliphatic rings. The van der Waals surface area contributed by atoms with Gasteiger partial charge in [-0.15, -0.1) is 0 Å². The number of nitrogens with zero attached hydrogens (tertiary/aromatic N) is 2. The molecule has 2 aromatic carbocycles. The molecule has 1 aliphatic heterocycles. The van der Waals surface area contributed by atoms with Crippen molar-refractivity contribution in [3.05, 3.63) is 59.8 Å². The maximum atomic E-state index is 13.3. The maximum absolute atomic E-state index is 13.3. The lowest BCUT2D eigenvalue weighted by atomic mass is 10.2. The summed E-state index contributed by atoms with van der Waals surface area (Å²) in [5, 5.41) is 0.562. The molecule has 0 radical (unpaired) electrons. The molecule has 0 N–H and O–H groups in total. The van der Waals surface area contributed by atoms with Crippen LogP contribution < -0.4 is 14.4 Å². The molecule has 0 atom stereocenters. The van der Waals surface area contributed by atoms with Crippen molar-refractivity contribution >= 4 is 40.6 Å². The van der Waals surface area contributed by atoms with Gasteiger partial charge in [0.1, 0.15) is 17.2 Å². The van der Waals surface area contributed by atoms with Crippen LogP contribution in [-0.4, -0.2) is 43.6 Å². The lowest BCUT2D eigenvalue weighted by Gasteiger charge is -2.18. The zero-order valence-corrected chi connectivity index (χ0v) is 19.2. The highest BCUT2D eigenvalue weighted by Crippen LogP contribution is 2.31. The summed E-state index contributed by atoms with van der Waals surface area (Å²) in [5.41, 5.74) is 1.85. The van der Waals surface area contributed by atoms with Crippen LogP contribution in [0.5, 0.6) is 11.5 Å². The van der Waals surface area contributed by atoms with Gasteiger partial charge in [0.05, 0.1) is 26.5 Å². The molecule has 0 aliphatic carbocycles. The first-order valence-corrected chi connectivity index (χ1v) is 11.3. The summed E-state index contributed by atoms with van der Waals surface area (Å²) in [5.74, 6) is 1.57. The number of esters is 1. The zero-order chi connectivity index (χ0) is 22.9. The summed E-state index contributed by atoms with van der Waals surface area (Å²) >= 11 is 1.43. The third-order valence-electron chi connectivity index (χ3n) is 4.62. The quantitative estimate of drug-likeness (QED) is 0.315. The van der Waals surface area contributed by atoms with E-state index in [2.05, 4.69) is 4.99 Å². The van der Waals surface area contributed by atoms with E-state index in [0.717, 1.165) is 11.3 Å². The second kappa shape index (κ2) is 11.4. The Morgan fingerprint density at radius 3 is 2.53 bits per heavy atom. The molecule has 0 unspecified atom stereocenters. The molecule has 0 aromatic heterocycles. The Morgan fingerprint density at radius 1 is 1.09 bits per heavy atom. The Kier molecular flexibility index (Phi) is 8.33. The molecular formula is C24H26N2O5S. The van der Waals surface area contributed by atoms with E-state index < -0.39 is 0 Å². The average Bonchev–Trinajstić information content (AvgIpc) is 3.12. The number of amidine groups is 1. The third kappa shape index (κ3) is 5.91. The minimum Gasteiger partial charge on any atom is -0.497 e. The van der Waals surface area contributed by atoms with Gasteiger partial charge in [0, 0.05) is 18.2 Å². The normalized spacial score (nSPS) is 14.5. The van der Waals surface area contributed by atoms with E-state index in [-0.39, 0.29) is 11.9 Å². The number of hydrogen-bond acceptors (Lipinski definition) is 7. The van der Waals surface area contributed by atoms with E-state index in [1.807, 2.05) is 42.5 Å². The topological polar surface area (TPSA) is 77.4 Å². The number of rotatable bonds is 9. The summed E-state index contributed by atoms with van der Waals surface area (Å²) in [6.07, 6.45) is 2.71. The van der Waals surface area contributed by atoms with E-state index in [1.54, 1.807) is 38.2 Å². The first-order valence-electron chi connectivity index (χ1n) is 10.3. The number of amides is 1. The van der Waals surface area contributed by atoms with Crippen molar-refractivity contribution in [2.75, 3.05) is 31.5 Å². The van der Waals surface area contributed by atoms with Gasteiger partial charge in [-0.25, -0.2) is 4.99 Å². The molecule has 0 fully saturated rings. The van der Waals surface area contributed by atoms with Crippen LogP contribution in [0.15, 0.2) is 59.2 Å². The second-order valence-electron chi connectivity index (χ2n) is 6.80. The number of ether oxygens (including phenoxy) is 3. The Balaban J connectivity index is 1.82. The highest BCUT2D eigenvalue weighted by atomic mass is 32.2. The van der Waals surface area contributed by atoms with Crippen molar-refractivity contribution in [3.63, 3.8) is 0 Å². The number of anilines is 1. The summed E-state index contributed by atoms with van der Waals surface area (Å²) in [6, 6.07) is 14.7. The maximum Gasteiger partial charge on any atom is 0.305 e. The molecule has 0 saturated carbocycles. The number of carbonyl (C=O) groups excluding carboxylic acids is 2. The van der Waals surface area contributed by atoms with Gasteiger partial charge in [0.2, 0.25) is 0 Å². The Labute approximate surface area is 192 Å². The smallest absolute Gasteiger partial charge is 0.305 e. The monoisotopic (exact) mass is 454 g/mol. The highest BCUT2D eigenvalue weighted by Gasteiger charge is 2.32. The molecule has 3 rings (SSSR count). The van der Waals surface area contributed by atoms with E-state index in [4.69, 9.17) is 14.2 Å². The average molecular weight is 455 g/mol. The van der Waals surface area contributed by atoms with Crippen molar-refractivity contribution in [3.8, 4) is 11.5 Å². The number of carbonyl (C=O) groups is 2. The number of thioether (sulfide) groups is 1. The van der Waals surface area contributed by atoms with Gasteiger partial charge < -0.3 is 14.2 Å². The molecule has 0 spiro atoms. The largest absolute Gasteiger partial charge is 0.497 e. The molecule has 168 valence electrons. The third-order valence-corrected chi connectivity index (χ3v) is 5.65. The predicted octanol–water partition coefficient (Wildman–Crippen LogP) is 4.52. The molecule has 32 heavy (non-hydrogen) atoms. The van der Waals surface area contributed by atoms with Gasteiger partial charge in [0.15, 0.2) is 5.17 Å². The fourth-order valence-corrected chi connectivity index (χ4v) is 3.99. The fraction of sp³-hybridized carbons (Fsp3) is 0.292. The van der Waals surface area contributed by atoms with Gasteiger partial charge in [-0.2, -0.15) is 0 Å².